The van der Waals surface area contributed by atoms with E-state index >= 15 is 0 Å². The number of fused-ring (bicyclic) bond motifs is 3. The van der Waals surface area contributed by atoms with Crippen molar-refractivity contribution in [2.24, 2.45) is 5.73 Å². The molecular formula is C80H95Cl3N12O8S2. The van der Waals surface area contributed by atoms with Gasteiger partial charge in [0, 0.05) is 66.8 Å². The van der Waals surface area contributed by atoms with Crippen LogP contribution in [0.3, 0.4) is 0 Å². The molecule has 11 rings (SSSR count). The average molecular weight is 1520 g/mol. The Morgan fingerprint density at radius 2 is 0.819 bits per heavy atom. The van der Waals surface area contributed by atoms with Gasteiger partial charge in [-0.15, -0.1) is 0 Å². The van der Waals surface area contributed by atoms with Gasteiger partial charge >= 0.3 is 5.97 Å². The van der Waals surface area contributed by atoms with Gasteiger partial charge in [0.25, 0.3) is 20.0 Å². The third kappa shape index (κ3) is 21.9. The van der Waals surface area contributed by atoms with Gasteiger partial charge in [-0.1, -0.05) is 200 Å². The summed E-state index contributed by atoms with van der Waals surface area (Å²) in [5.41, 5.74) is 15.8. The van der Waals surface area contributed by atoms with Crippen LogP contribution < -0.4 is 16.4 Å². The highest BCUT2D eigenvalue weighted by Crippen LogP contribution is 2.34. The highest BCUT2D eigenvalue weighted by Gasteiger charge is 2.27. The lowest BCUT2D eigenvalue weighted by atomic mass is 9.97. The van der Waals surface area contributed by atoms with Crippen molar-refractivity contribution in [3.63, 3.8) is 0 Å². The normalized spacial score (nSPS) is 13.4. The standard InChI is InChI=1S/C29H33ClN4O3S.C22H27ClN4O.C19H23ClN4O2S.C10H12O2/c1-20-10-13-25(14-11-20)38(36,37)34-27-15-12-23(29(30)26(27)19-32-34)17-24(33(3)4)18-31-28(35)16-21(2)22-8-6-5-7-9-22;1-15(16-7-5-4-6-8-16)11-21(28)24-13-18(27(2)3)12-17-9-10-20-19(22(17)23)14-25-26-20;1-13-4-7-16(8-5-13)27(25,26)24-18-9-6-14(10-15(11-21)23(2)3)19(20)17(18)12-22-24;1-8(7-10(11)12)9-5-3-2-4-6-9/h5-15,19,21,24H,16-18H2,1-4H3,(H,31,35);4-10,14-15,18H,11-13H2,1-3H3,(H,24,28)(H,25,26);4-9,12,15H,10-11,21H2,1-3H3;2-6,8H,7H2,1H3,(H,11,12)/t21-,24-;15-,18-;15-;8-/m0000/s1. The van der Waals surface area contributed by atoms with Crippen LogP contribution in [-0.2, 0) is 53.7 Å². The molecule has 0 aliphatic rings. The lowest BCUT2D eigenvalue weighted by molar-refractivity contribution is -0.137. The number of carboxylic acids is 1. The first-order chi connectivity index (χ1) is 50.0. The van der Waals surface area contributed by atoms with E-state index in [9.17, 15) is 31.2 Å². The number of likely N-dealkylation sites (N-methyl/N-ethyl adjacent to an activating group) is 3. The van der Waals surface area contributed by atoms with Crippen molar-refractivity contribution in [1.29, 1.82) is 0 Å². The molecule has 6 N–H and O–H groups in total. The Balaban J connectivity index is 0.000000187. The van der Waals surface area contributed by atoms with Crippen LogP contribution in [0.2, 0.25) is 15.1 Å². The monoisotopic (exact) mass is 1520 g/mol. The van der Waals surface area contributed by atoms with E-state index in [1.165, 1.54) is 18.0 Å². The van der Waals surface area contributed by atoms with E-state index in [1.807, 2.05) is 183 Å². The minimum atomic E-state index is -3.86. The van der Waals surface area contributed by atoms with Gasteiger partial charge in [0.1, 0.15) is 0 Å². The number of carbonyl (C=O) groups excluding carboxylic acids is 2. The third-order valence-corrected chi connectivity index (χ3v) is 23.2. The smallest absolute Gasteiger partial charge is 0.303 e. The zero-order valence-corrected chi connectivity index (χ0v) is 65.1. The predicted octanol–water partition coefficient (Wildman–Crippen LogP) is 13.9. The van der Waals surface area contributed by atoms with Crippen LogP contribution in [0.15, 0.2) is 204 Å². The molecule has 0 fully saturated rings. The van der Waals surface area contributed by atoms with Crippen LogP contribution in [0.4, 0.5) is 0 Å². The molecule has 3 aromatic heterocycles. The van der Waals surface area contributed by atoms with Gasteiger partial charge in [-0.05, 0) is 169 Å². The first-order valence-corrected chi connectivity index (χ1v) is 38.6. The summed E-state index contributed by atoms with van der Waals surface area (Å²) in [4.78, 5) is 42.1. The largest absolute Gasteiger partial charge is 0.481 e. The summed E-state index contributed by atoms with van der Waals surface area (Å²) in [7, 11) is 4.25. The zero-order chi connectivity index (χ0) is 76.3. The molecule has 0 saturated heterocycles. The molecule has 20 nitrogen and oxygen atoms in total. The quantitative estimate of drug-likeness (QED) is 0.0320. The highest BCUT2D eigenvalue weighted by atomic mass is 35.5. The zero-order valence-electron chi connectivity index (χ0n) is 61.2. The van der Waals surface area contributed by atoms with E-state index < -0.39 is 26.0 Å². The predicted molar refractivity (Wildman–Crippen MR) is 423 cm³/mol. The van der Waals surface area contributed by atoms with Crippen LogP contribution >= 0.6 is 34.8 Å². The van der Waals surface area contributed by atoms with E-state index in [0.717, 1.165) is 69.5 Å². The molecule has 556 valence electrons. The number of amides is 2. The van der Waals surface area contributed by atoms with E-state index in [0.29, 0.717) is 77.2 Å². The van der Waals surface area contributed by atoms with E-state index in [1.54, 1.807) is 66.9 Å². The first kappa shape index (κ1) is 81.9. The maximum Gasteiger partial charge on any atom is 0.303 e. The maximum absolute atomic E-state index is 13.2. The lowest BCUT2D eigenvalue weighted by Crippen LogP contribution is -2.41. The summed E-state index contributed by atoms with van der Waals surface area (Å²) in [6.07, 6.45) is 7.83. The summed E-state index contributed by atoms with van der Waals surface area (Å²) >= 11 is 19.9. The van der Waals surface area contributed by atoms with Crippen molar-refractivity contribution in [2.45, 2.75) is 119 Å². The molecule has 0 spiro atoms. The van der Waals surface area contributed by atoms with E-state index in [4.69, 9.17) is 45.6 Å². The summed E-state index contributed by atoms with van der Waals surface area (Å²) in [6, 6.07) is 54.6. The molecule has 105 heavy (non-hydrogen) atoms. The number of aryl methyl sites for hydroxylation is 2. The number of benzene rings is 8. The number of nitrogens with two attached hydrogens (primary N) is 1. The fourth-order valence-electron chi connectivity index (χ4n) is 11.9. The molecule has 8 aromatic carbocycles. The van der Waals surface area contributed by atoms with Crippen LogP contribution in [0.25, 0.3) is 32.7 Å². The average Bonchev–Trinajstić information content (AvgIpc) is 1.63. The summed E-state index contributed by atoms with van der Waals surface area (Å²) in [5.74, 6) is -0.262. The molecule has 3 heterocycles. The Labute approximate surface area is 632 Å². The number of rotatable bonds is 27. The van der Waals surface area contributed by atoms with Gasteiger partial charge in [-0.3, -0.25) is 19.5 Å². The molecule has 0 aliphatic heterocycles. The Hall–Kier alpha value is -8.81. The van der Waals surface area contributed by atoms with Crippen molar-refractivity contribution < 1.29 is 36.3 Å². The number of aliphatic carboxylic acids is 1. The van der Waals surface area contributed by atoms with Gasteiger partial charge in [0.2, 0.25) is 11.8 Å². The molecule has 0 bridgehead atoms. The van der Waals surface area contributed by atoms with Crippen LogP contribution in [0.5, 0.6) is 0 Å². The van der Waals surface area contributed by atoms with Crippen LogP contribution in [0.1, 0.15) is 102 Å². The Morgan fingerprint density at radius 1 is 0.476 bits per heavy atom. The number of hydrogen-bond donors (Lipinski definition) is 5. The van der Waals surface area contributed by atoms with Gasteiger partial charge in [-0.25, -0.2) is 0 Å². The minimum Gasteiger partial charge on any atom is -0.481 e. The molecule has 6 atom stereocenters. The maximum atomic E-state index is 13.2. The van der Waals surface area contributed by atoms with Crippen molar-refractivity contribution in [3.05, 3.63) is 254 Å². The van der Waals surface area contributed by atoms with Crippen molar-refractivity contribution >= 4 is 105 Å². The Kier molecular flexibility index (Phi) is 29.6. The Morgan fingerprint density at radius 3 is 1.17 bits per heavy atom. The van der Waals surface area contributed by atoms with Crippen molar-refractivity contribution in [2.75, 3.05) is 61.9 Å². The number of carbonyl (C=O) groups is 3. The number of carboxylic acid groups (broad SMARTS) is 1. The molecule has 11 aromatic rings. The van der Waals surface area contributed by atoms with Gasteiger partial charge < -0.3 is 36.2 Å². The van der Waals surface area contributed by atoms with Crippen LogP contribution in [-0.4, -0.2) is 163 Å². The third-order valence-electron chi connectivity index (χ3n) is 18.7. The van der Waals surface area contributed by atoms with E-state index in [2.05, 4.69) is 55.0 Å². The molecule has 25 heteroatoms. The second kappa shape index (κ2) is 37.9. The number of aromatic amines is 1. The first-order valence-electron chi connectivity index (χ1n) is 34.6. The Bertz CT molecular complexity index is 4910. The van der Waals surface area contributed by atoms with Gasteiger partial charge in [-0.2, -0.15) is 40.3 Å². The molecule has 0 aliphatic carbocycles. The second-order valence-electron chi connectivity index (χ2n) is 27.2. The fraction of sp³-hybridized carbons (Fsp3) is 0.325. The highest BCUT2D eigenvalue weighted by molar-refractivity contribution is 7.90. The number of halogens is 3. The van der Waals surface area contributed by atoms with Crippen LogP contribution in [0, 0.1) is 13.8 Å². The minimum absolute atomic E-state index is 0.00246. The number of hydrogen-bond acceptors (Lipinski definition) is 14. The van der Waals surface area contributed by atoms with E-state index in [-0.39, 0.29) is 63.9 Å². The number of nitrogens with zero attached hydrogens (tertiary/aromatic N) is 8. The van der Waals surface area contributed by atoms with Crippen molar-refractivity contribution in [3.8, 4) is 0 Å². The van der Waals surface area contributed by atoms with Gasteiger partial charge in [0.05, 0.1) is 66.4 Å². The molecular weight excluding hydrogens is 1430 g/mol. The lowest BCUT2D eigenvalue weighted by Gasteiger charge is -2.25. The fourth-order valence-corrected chi connectivity index (χ4v) is 15.3. The van der Waals surface area contributed by atoms with Crippen molar-refractivity contribution in [1.82, 2.24) is 53.9 Å². The summed E-state index contributed by atoms with van der Waals surface area (Å²) in [6.45, 7) is 11.4. The second-order valence-corrected chi connectivity index (χ2v) is 31.8. The molecule has 0 unspecified atom stereocenters. The summed E-state index contributed by atoms with van der Waals surface area (Å²) in [5, 5.41) is 33.8. The number of aromatic nitrogens is 6. The SMILES string of the molecule is C[C@@H](CC(=O)NC[C@H](Cc1ccc2[nH]ncc2c1Cl)N(C)C)c1ccccc1.C[C@@H](CC(=O)O)c1ccccc1.Cc1ccc(S(=O)(=O)n2ncc3c(Cl)c(C[C@@H](CN)N(C)C)ccc32)cc1.Cc1ccc(S(=O)(=O)n2ncc3c(Cl)c(C[C@@H](CNC(=O)C[C@H](C)c4ccccc4)N(C)C)ccc32)cc1. The topological polar surface area (TPSA) is 264 Å². The summed E-state index contributed by atoms with van der Waals surface area (Å²) < 4.78 is 54.4. The number of nitrogens with one attached hydrogen (secondary N) is 3. The molecule has 2 amide bonds. The molecule has 0 radical (unpaired) electrons. The van der Waals surface area contributed by atoms with Gasteiger partial charge in [0.15, 0.2) is 0 Å². The number of H-pyrrole nitrogens is 1. The molecule has 0 saturated carbocycles.